The molecule has 84 valence electrons. The van der Waals surface area contributed by atoms with E-state index in [4.69, 9.17) is 10.5 Å². The van der Waals surface area contributed by atoms with Crippen LogP contribution in [0, 0.1) is 0 Å². The van der Waals surface area contributed by atoms with Crippen molar-refractivity contribution >= 4 is 15.9 Å². The van der Waals surface area contributed by atoms with Crippen molar-refractivity contribution in [2.45, 2.75) is 6.54 Å². The molecule has 0 saturated heterocycles. The lowest BCUT2D eigenvalue weighted by Gasteiger charge is -2.07. The number of nitrogens with two attached hydrogens (primary N) is 1. The zero-order valence-corrected chi connectivity index (χ0v) is 10.4. The van der Waals surface area contributed by atoms with Crippen LogP contribution >= 0.6 is 15.9 Å². The maximum atomic E-state index is 5.60. The smallest absolute Gasteiger partial charge is 0.220 e. The highest BCUT2D eigenvalue weighted by molar-refractivity contribution is 9.10. The summed E-state index contributed by atoms with van der Waals surface area (Å²) in [5, 5.41) is 4.26. The molecule has 0 atom stereocenters. The lowest BCUT2D eigenvalue weighted by Crippen LogP contribution is -2.02. The molecule has 0 aliphatic carbocycles. The average Bonchev–Trinajstić information content (AvgIpc) is 2.71. The van der Waals surface area contributed by atoms with E-state index in [0.717, 1.165) is 15.7 Å². The van der Waals surface area contributed by atoms with Crippen LogP contribution in [0.25, 0.3) is 5.69 Å². The van der Waals surface area contributed by atoms with Gasteiger partial charge in [-0.25, -0.2) is 4.68 Å². The van der Waals surface area contributed by atoms with Gasteiger partial charge in [0.1, 0.15) is 0 Å². The number of nitrogens with zero attached hydrogens (tertiary/aromatic N) is 2. The zero-order chi connectivity index (χ0) is 11.5. The molecule has 0 spiro atoms. The van der Waals surface area contributed by atoms with Gasteiger partial charge in [-0.1, -0.05) is 22.0 Å². The van der Waals surface area contributed by atoms with E-state index in [0.29, 0.717) is 12.4 Å². The summed E-state index contributed by atoms with van der Waals surface area (Å²) in [5.41, 5.74) is 7.43. The molecule has 2 aromatic rings. The van der Waals surface area contributed by atoms with E-state index in [9.17, 15) is 0 Å². The zero-order valence-electron chi connectivity index (χ0n) is 8.85. The number of halogens is 1. The van der Waals surface area contributed by atoms with E-state index in [1.165, 1.54) is 0 Å². The molecule has 0 amide bonds. The highest BCUT2D eigenvalue weighted by Gasteiger charge is 2.11. The molecule has 0 radical (unpaired) electrons. The molecule has 5 heteroatoms. The summed E-state index contributed by atoms with van der Waals surface area (Å²) in [6.45, 7) is 0.414. The molecule has 1 aromatic heterocycles. The lowest BCUT2D eigenvalue weighted by atomic mass is 10.3. The fourth-order valence-electron chi connectivity index (χ4n) is 1.52. The molecule has 0 bridgehead atoms. The van der Waals surface area contributed by atoms with Gasteiger partial charge in [-0.15, -0.1) is 0 Å². The molecule has 4 nitrogen and oxygen atoms in total. The molecule has 0 saturated carbocycles. The van der Waals surface area contributed by atoms with Gasteiger partial charge < -0.3 is 10.5 Å². The first-order chi connectivity index (χ1) is 7.76. The molecule has 2 N–H and O–H groups in total. The molecular weight excluding hydrogens is 270 g/mol. The van der Waals surface area contributed by atoms with Crippen LogP contribution in [0.2, 0.25) is 0 Å². The van der Waals surface area contributed by atoms with Crippen molar-refractivity contribution < 1.29 is 4.74 Å². The minimum atomic E-state index is 0.414. The minimum absolute atomic E-state index is 0.414. The summed E-state index contributed by atoms with van der Waals surface area (Å²) in [6.07, 6.45) is 1.72. The van der Waals surface area contributed by atoms with Crippen LogP contribution in [0.15, 0.2) is 34.9 Å². The Labute approximate surface area is 102 Å². The second-order valence-electron chi connectivity index (χ2n) is 3.27. The van der Waals surface area contributed by atoms with Crippen molar-refractivity contribution in [2.75, 3.05) is 7.11 Å². The number of benzene rings is 1. The van der Waals surface area contributed by atoms with Crippen molar-refractivity contribution in [1.82, 2.24) is 9.78 Å². The summed E-state index contributed by atoms with van der Waals surface area (Å²) in [4.78, 5) is 0. The molecule has 0 aliphatic heterocycles. The van der Waals surface area contributed by atoms with Gasteiger partial charge in [-0.2, -0.15) is 5.10 Å². The molecule has 0 unspecified atom stereocenters. The number of hydrogen-bond donors (Lipinski definition) is 1. The Bertz CT molecular complexity index is 496. The highest BCUT2D eigenvalue weighted by Crippen LogP contribution is 2.23. The Morgan fingerprint density at radius 1 is 1.50 bits per heavy atom. The first kappa shape index (κ1) is 11.2. The van der Waals surface area contributed by atoms with Gasteiger partial charge in [-0.05, 0) is 18.2 Å². The van der Waals surface area contributed by atoms with Gasteiger partial charge in [-0.3, -0.25) is 0 Å². The monoisotopic (exact) mass is 281 g/mol. The van der Waals surface area contributed by atoms with E-state index >= 15 is 0 Å². The van der Waals surface area contributed by atoms with Gasteiger partial charge >= 0.3 is 0 Å². The first-order valence-corrected chi connectivity index (χ1v) is 5.62. The predicted octanol–water partition coefficient (Wildman–Crippen LogP) is 2.10. The molecular formula is C11H12BrN3O. The Morgan fingerprint density at radius 3 is 2.94 bits per heavy atom. The summed E-state index contributed by atoms with van der Waals surface area (Å²) < 4.78 is 8.03. The van der Waals surface area contributed by atoms with Crippen LogP contribution in [0.3, 0.4) is 0 Å². The predicted molar refractivity (Wildman–Crippen MR) is 65.7 cm³/mol. The Morgan fingerprint density at radius 2 is 2.31 bits per heavy atom. The quantitative estimate of drug-likeness (QED) is 0.938. The number of ether oxygens (including phenoxy) is 1. The van der Waals surface area contributed by atoms with Crippen molar-refractivity contribution in [2.24, 2.45) is 5.73 Å². The summed E-state index contributed by atoms with van der Waals surface area (Å²) >= 11 is 3.42. The van der Waals surface area contributed by atoms with Crippen LogP contribution < -0.4 is 10.5 Å². The summed E-state index contributed by atoms with van der Waals surface area (Å²) in [7, 11) is 1.62. The van der Waals surface area contributed by atoms with Crippen LogP contribution in [0.4, 0.5) is 0 Å². The first-order valence-electron chi connectivity index (χ1n) is 4.83. The van der Waals surface area contributed by atoms with Crippen molar-refractivity contribution in [1.29, 1.82) is 0 Å². The molecule has 0 aliphatic rings. The number of hydrogen-bond acceptors (Lipinski definition) is 3. The standard InChI is InChI=1S/C11H12BrN3O/c1-16-11-8(6-13)7-14-15(11)10-4-2-3-9(12)5-10/h2-5,7H,6,13H2,1H3. The topological polar surface area (TPSA) is 53.1 Å². The Balaban J connectivity index is 2.51. The van der Waals surface area contributed by atoms with E-state index in [2.05, 4.69) is 21.0 Å². The molecule has 16 heavy (non-hydrogen) atoms. The third kappa shape index (κ3) is 1.96. The van der Waals surface area contributed by atoms with Gasteiger partial charge in [0.15, 0.2) is 0 Å². The fourth-order valence-corrected chi connectivity index (χ4v) is 1.91. The van der Waals surface area contributed by atoms with Gasteiger partial charge in [0.2, 0.25) is 5.88 Å². The van der Waals surface area contributed by atoms with Crippen molar-refractivity contribution in [3.63, 3.8) is 0 Å². The van der Waals surface area contributed by atoms with Gasteiger partial charge in [0, 0.05) is 16.6 Å². The second-order valence-corrected chi connectivity index (χ2v) is 4.19. The lowest BCUT2D eigenvalue weighted by molar-refractivity contribution is 0.379. The Kier molecular flexibility index (Phi) is 3.26. The largest absolute Gasteiger partial charge is 0.481 e. The normalized spacial score (nSPS) is 10.4. The Hall–Kier alpha value is -1.33. The van der Waals surface area contributed by atoms with Crippen molar-refractivity contribution in [3.05, 3.63) is 40.5 Å². The molecule has 0 fully saturated rings. The molecule has 1 heterocycles. The SMILES string of the molecule is COc1c(CN)cnn1-c1cccc(Br)c1. The highest BCUT2D eigenvalue weighted by atomic mass is 79.9. The van der Waals surface area contributed by atoms with E-state index in [1.54, 1.807) is 18.0 Å². The number of aromatic nitrogens is 2. The summed E-state index contributed by atoms with van der Waals surface area (Å²) in [6, 6.07) is 7.84. The average molecular weight is 282 g/mol. The van der Waals surface area contributed by atoms with Crippen LogP contribution in [-0.2, 0) is 6.54 Å². The molecule has 2 rings (SSSR count). The third-order valence-electron chi connectivity index (χ3n) is 2.26. The minimum Gasteiger partial charge on any atom is -0.481 e. The van der Waals surface area contributed by atoms with Crippen LogP contribution in [0.5, 0.6) is 5.88 Å². The van der Waals surface area contributed by atoms with Crippen LogP contribution in [-0.4, -0.2) is 16.9 Å². The van der Waals surface area contributed by atoms with Gasteiger partial charge in [0.05, 0.1) is 19.0 Å². The molecule has 1 aromatic carbocycles. The maximum Gasteiger partial charge on any atom is 0.220 e. The van der Waals surface area contributed by atoms with Crippen molar-refractivity contribution in [3.8, 4) is 11.6 Å². The third-order valence-corrected chi connectivity index (χ3v) is 2.76. The summed E-state index contributed by atoms with van der Waals surface area (Å²) in [5.74, 6) is 0.681. The number of methoxy groups -OCH3 is 1. The van der Waals surface area contributed by atoms with Gasteiger partial charge in [0.25, 0.3) is 0 Å². The van der Waals surface area contributed by atoms with E-state index in [1.807, 2.05) is 24.3 Å². The number of rotatable bonds is 3. The second kappa shape index (κ2) is 4.67. The van der Waals surface area contributed by atoms with E-state index < -0.39 is 0 Å². The maximum absolute atomic E-state index is 5.60. The van der Waals surface area contributed by atoms with E-state index in [-0.39, 0.29) is 0 Å². The van der Waals surface area contributed by atoms with Crippen LogP contribution in [0.1, 0.15) is 5.56 Å². The fraction of sp³-hybridized carbons (Fsp3) is 0.182.